The van der Waals surface area contributed by atoms with Crippen molar-refractivity contribution in [2.24, 2.45) is 0 Å². The fourth-order valence-electron chi connectivity index (χ4n) is 6.50. The number of nitrogens with zero attached hydrogens (tertiary/aromatic N) is 4. The minimum absolute atomic E-state index is 0.103. The number of nitrogens with one attached hydrogen (secondary N) is 1. The molecule has 1 aromatic rings. The molecule has 2 saturated heterocycles. The molecule has 4 rings (SSSR count). The zero-order valence-corrected chi connectivity index (χ0v) is 24.7. The van der Waals surface area contributed by atoms with Crippen LogP contribution in [0.4, 0.5) is 4.79 Å². The molecular formula is C30H46ClN5O3. The molecule has 0 spiro atoms. The van der Waals surface area contributed by atoms with Crippen molar-refractivity contribution in [2.45, 2.75) is 95.3 Å². The van der Waals surface area contributed by atoms with Gasteiger partial charge in [-0.2, -0.15) is 0 Å². The third-order valence-electron chi connectivity index (χ3n) is 8.77. The Balaban J connectivity index is 1.41. The van der Waals surface area contributed by atoms with Crippen LogP contribution in [0.1, 0.15) is 70.3 Å². The zero-order chi connectivity index (χ0) is 27.9. The second-order valence-corrected chi connectivity index (χ2v) is 12.2. The third kappa shape index (κ3) is 7.88. The summed E-state index contributed by atoms with van der Waals surface area (Å²) in [6.07, 6.45) is 9.68. The van der Waals surface area contributed by atoms with Gasteiger partial charge in [-0.05, 0) is 62.6 Å². The molecule has 8 nitrogen and oxygen atoms in total. The highest BCUT2D eigenvalue weighted by atomic mass is 35.5. The SMILES string of the molecule is CC(=O)N1CCC(N[C@@H](Cc2ccc(Cl)cc2)C(=O)N2CCC(N(C(=O)N(C)C)C3CCCCC3)CC2)CC1. The third-order valence-corrected chi connectivity index (χ3v) is 9.02. The van der Waals surface area contributed by atoms with E-state index in [1.165, 1.54) is 19.3 Å². The van der Waals surface area contributed by atoms with Gasteiger partial charge in [0.25, 0.3) is 0 Å². The molecule has 39 heavy (non-hydrogen) atoms. The summed E-state index contributed by atoms with van der Waals surface area (Å²) in [4.78, 5) is 46.6. The summed E-state index contributed by atoms with van der Waals surface area (Å²) in [6.45, 7) is 4.38. The Morgan fingerprint density at radius 1 is 0.872 bits per heavy atom. The van der Waals surface area contributed by atoms with Gasteiger partial charge in [0.05, 0.1) is 6.04 Å². The van der Waals surface area contributed by atoms with Crippen LogP contribution in [0.3, 0.4) is 0 Å². The molecule has 9 heteroatoms. The zero-order valence-electron chi connectivity index (χ0n) is 23.9. The van der Waals surface area contributed by atoms with Gasteiger partial charge in [0.2, 0.25) is 11.8 Å². The van der Waals surface area contributed by atoms with Gasteiger partial charge in [-0.25, -0.2) is 4.79 Å². The summed E-state index contributed by atoms with van der Waals surface area (Å²) in [5, 5.41) is 4.34. The van der Waals surface area contributed by atoms with E-state index in [4.69, 9.17) is 11.6 Å². The Morgan fingerprint density at radius 3 is 2.00 bits per heavy atom. The molecule has 0 unspecified atom stereocenters. The molecule has 1 N–H and O–H groups in total. The summed E-state index contributed by atoms with van der Waals surface area (Å²) in [7, 11) is 3.68. The van der Waals surface area contributed by atoms with Gasteiger partial charge in [-0.1, -0.05) is 43.0 Å². The topological polar surface area (TPSA) is 76.2 Å². The van der Waals surface area contributed by atoms with E-state index in [-0.39, 0.29) is 36.0 Å². The Hall–Kier alpha value is -2.32. The van der Waals surface area contributed by atoms with Crippen LogP contribution in [-0.2, 0) is 16.0 Å². The maximum atomic E-state index is 13.9. The van der Waals surface area contributed by atoms with Gasteiger partial charge in [0.1, 0.15) is 0 Å². The summed E-state index contributed by atoms with van der Waals surface area (Å²) in [5.41, 5.74) is 1.07. The van der Waals surface area contributed by atoms with Crippen molar-refractivity contribution < 1.29 is 14.4 Å². The Bertz CT molecular complexity index is 965. The van der Waals surface area contributed by atoms with Crippen molar-refractivity contribution in [3.05, 3.63) is 34.9 Å². The van der Waals surface area contributed by atoms with E-state index in [2.05, 4.69) is 10.2 Å². The van der Waals surface area contributed by atoms with Gasteiger partial charge >= 0.3 is 6.03 Å². The lowest BCUT2D eigenvalue weighted by atomic mass is 9.91. The second kappa shape index (κ2) is 13.8. The molecule has 3 aliphatic rings. The van der Waals surface area contributed by atoms with E-state index in [1.807, 2.05) is 48.2 Å². The number of carbonyl (C=O) groups is 3. The normalized spacial score (nSPS) is 20.5. The lowest BCUT2D eigenvalue weighted by molar-refractivity contribution is -0.136. The first-order valence-electron chi connectivity index (χ1n) is 14.8. The van der Waals surface area contributed by atoms with Gasteiger partial charge < -0.3 is 24.9 Å². The van der Waals surface area contributed by atoms with Crippen molar-refractivity contribution >= 4 is 29.4 Å². The van der Waals surface area contributed by atoms with Gasteiger partial charge in [0, 0.05) is 70.3 Å². The highest BCUT2D eigenvalue weighted by Gasteiger charge is 2.37. The van der Waals surface area contributed by atoms with Crippen molar-refractivity contribution in [3.63, 3.8) is 0 Å². The number of amides is 4. The number of halogens is 1. The van der Waals surface area contributed by atoms with Gasteiger partial charge in [-0.3, -0.25) is 9.59 Å². The minimum atomic E-state index is -0.338. The smallest absolute Gasteiger partial charge is 0.319 e. The molecule has 0 aromatic heterocycles. The monoisotopic (exact) mass is 559 g/mol. The fourth-order valence-corrected chi connectivity index (χ4v) is 6.63. The van der Waals surface area contributed by atoms with Crippen LogP contribution in [0, 0.1) is 0 Å². The summed E-state index contributed by atoms with van der Waals surface area (Å²) >= 11 is 6.11. The summed E-state index contributed by atoms with van der Waals surface area (Å²) in [5.74, 6) is 0.237. The lowest BCUT2D eigenvalue weighted by Crippen LogP contribution is -2.58. The van der Waals surface area contributed by atoms with E-state index < -0.39 is 0 Å². The van der Waals surface area contributed by atoms with Crippen molar-refractivity contribution in [3.8, 4) is 0 Å². The first-order chi connectivity index (χ1) is 18.7. The predicted molar refractivity (Wildman–Crippen MR) is 155 cm³/mol. The Labute approximate surface area is 239 Å². The van der Waals surface area contributed by atoms with Crippen LogP contribution in [0.25, 0.3) is 0 Å². The van der Waals surface area contributed by atoms with E-state index in [9.17, 15) is 14.4 Å². The maximum Gasteiger partial charge on any atom is 0.319 e. The number of urea groups is 1. The van der Waals surface area contributed by atoms with E-state index in [1.54, 1.807) is 11.8 Å². The summed E-state index contributed by atoms with van der Waals surface area (Å²) < 4.78 is 0. The number of likely N-dealkylation sites (tertiary alicyclic amines) is 2. The van der Waals surface area contributed by atoms with E-state index in [0.29, 0.717) is 30.6 Å². The standard InChI is InChI=1S/C30H46ClN5O3/c1-22(37)34-17-13-25(14-18-34)32-28(21-23-9-11-24(31)12-10-23)29(38)35-19-15-27(16-20-35)36(30(39)33(2)3)26-7-5-4-6-8-26/h9-12,25-28,32H,4-8,13-21H2,1-3H3/t28-/m0/s1. The van der Waals surface area contributed by atoms with Gasteiger partial charge in [0.15, 0.2) is 0 Å². The molecule has 2 heterocycles. The highest BCUT2D eigenvalue weighted by Crippen LogP contribution is 2.29. The lowest BCUT2D eigenvalue weighted by Gasteiger charge is -2.45. The van der Waals surface area contributed by atoms with Crippen LogP contribution in [0.5, 0.6) is 0 Å². The average molecular weight is 560 g/mol. The number of hydrogen-bond donors (Lipinski definition) is 1. The molecule has 1 atom stereocenters. The van der Waals surface area contributed by atoms with Crippen LogP contribution in [-0.4, -0.2) is 102 Å². The Morgan fingerprint density at radius 2 is 1.44 bits per heavy atom. The van der Waals surface area contributed by atoms with Gasteiger partial charge in [-0.15, -0.1) is 0 Å². The molecule has 216 valence electrons. The molecule has 0 radical (unpaired) electrons. The number of carbonyl (C=O) groups excluding carboxylic acids is 3. The van der Waals surface area contributed by atoms with Crippen molar-refractivity contribution in [1.82, 2.24) is 24.9 Å². The quantitative estimate of drug-likeness (QED) is 0.544. The van der Waals surface area contributed by atoms with Crippen LogP contribution < -0.4 is 5.32 Å². The van der Waals surface area contributed by atoms with Crippen molar-refractivity contribution in [2.75, 3.05) is 40.3 Å². The second-order valence-electron chi connectivity index (χ2n) is 11.8. The average Bonchev–Trinajstić information content (AvgIpc) is 2.95. The molecule has 2 aliphatic heterocycles. The molecular weight excluding hydrogens is 514 g/mol. The summed E-state index contributed by atoms with van der Waals surface area (Å²) in [6, 6.07) is 8.16. The molecule has 1 aliphatic carbocycles. The highest BCUT2D eigenvalue weighted by molar-refractivity contribution is 6.30. The van der Waals surface area contributed by atoms with E-state index >= 15 is 0 Å². The number of piperidine rings is 2. The fraction of sp³-hybridized carbons (Fsp3) is 0.700. The van der Waals surface area contributed by atoms with E-state index in [0.717, 1.165) is 57.2 Å². The number of benzene rings is 1. The minimum Gasteiger partial charge on any atom is -0.343 e. The maximum absolute atomic E-state index is 13.9. The Kier molecular flexibility index (Phi) is 10.5. The molecule has 0 bridgehead atoms. The largest absolute Gasteiger partial charge is 0.343 e. The molecule has 1 saturated carbocycles. The first kappa shape index (κ1) is 29.7. The first-order valence-corrected chi connectivity index (χ1v) is 15.1. The molecule has 4 amide bonds. The number of hydrogen-bond acceptors (Lipinski definition) is 4. The van der Waals surface area contributed by atoms with Crippen LogP contribution >= 0.6 is 11.6 Å². The van der Waals surface area contributed by atoms with Crippen LogP contribution in [0.2, 0.25) is 5.02 Å². The molecule has 1 aromatic carbocycles. The van der Waals surface area contributed by atoms with Crippen LogP contribution in [0.15, 0.2) is 24.3 Å². The number of rotatable bonds is 7. The molecule has 3 fully saturated rings. The predicted octanol–water partition coefficient (Wildman–Crippen LogP) is 4.16. The van der Waals surface area contributed by atoms with Crippen molar-refractivity contribution in [1.29, 1.82) is 0 Å².